The van der Waals surface area contributed by atoms with Gasteiger partial charge in [0, 0.05) is 24.3 Å². The second-order valence-electron chi connectivity index (χ2n) is 5.77. The maximum atomic E-state index is 12.3. The van der Waals surface area contributed by atoms with Gasteiger partial charge in [0.25, 0.3) is 0 Å². The molecule has 2 heterocycles. The molecule has 6 nitrogen and oxygen atoms in total. The predicted octanol–water partition coefficient (Wildman–Crippen LogP) is 1.70. The molecule has 2 aliphatic rings. The Morgan fingerprint density at radius 2 is 2.17 bits per heavy atom. The van der Waals surface area contributed by atoms with Crippen molar-refractivity contribution < 1.29 is 14.3 Å². The minimum atomic E-state index is -0.340. The largest absolute Gasteiger partial charge is 0.375 e. The van der Waals surface area contributed by atoms with Crippen molar-refractivity contribution >= 4 is 35.6 Å². The fourth-order valence-corrected chi connectivity index (χ4v) is 2.90. The lowest BCUT2D eigenvalue weighted by Gasteiger charge is -2.29. The highest BCUT2D eigenvalue weighted by Gasteiger charge is 2.28. The van der Waals surface area contributed by atoms with Gasteiger partial charge in [-0.15, -0.1) is 12.4 Å². The molecule has 3 N–H and O–H groups in total. The Balaban J connectivity index is 0.00000192. The first-order valence-electron chi connectivity index (χ1n) is 7.72. The molecule has 0 saturated carbocycles. The third-order valence-electron chi connectivity index (χ3n) is 4.10. The number of anilines is 2. The molecule has 1 saturated heterocycles. The van der Waals surface area contributed by atoms with Crippen LogP contribution < -0.4 is 16.0 Å². The van der Waals surface area contributed by atoms with E-state index in [1.165, 1.54) is 0 Å². The van der Waals surface area contributed by atoms with Crippen molar-refractivity contribution in [3.05, 3.63) is 23.8 Å². The number of hydrogen-bond acceptors (Lipinski definition) is 4. The number of rotatable bonds is 2. The van der Waals surface area contributed by atoms with Gasteiger partial charge < -0.3 is 20.7 Å². The van der Waals surface area contributed by atoms with Crippen LogP contribution in [0, 0.1) is 0 Å². The highest BCUT2D eigenvalue weighted by Crippen LogP contribution is 2.25. The number of fused-ring (bicyclic) bond motifs is 1. The standard InChI is InChI=1S/C16H21N3O3.ClH/c1-10-15(17-7-8-22-10)16(21)18-12-5-6-13-11(9-12)3-2-4-14(20)19-13;/h5-6,9-10,15,17H,2-4,7-8H2,1H3,(H,18,21)(H,19,20);1H/t10-,15+;/m1./s1. The van der Waals surface area contributed by atoms with E-state index in [2.05, 4.69) is 16.0 Å². The summed E-state index contributed by atoms with van der Waals surface area (Å²) in [7, 11) is 0. The van der Waals surface area contributed by atoms with Gasteiger partial charge in [-0.3, -0.25) is 9.59 Å². The van der Waals surface area contributed by atoms with E-state index in [9.17, 15) is 9.59 Å². The average molecular weight is 340 g/mol. The van der Waals surface area contributed by atoms with Crippen molar-refractivity contribution in [2.75, 3.05) is 23.8 Å². The Kier molecular flexibility index (Phi) is 5.98. The zero-order valence-corrected chi connectivity index (χ0v) is 13.9. The molecule has 1 fully saturated rings. The number of aryl methyl sites for hydroxylation is 1. The Labute approximate surface area is 141 Å². The third-order valence-corrected chi connectivity index (χ3v) is 4.10. The minimum Gasteiger partial charge on any atom is -0.375 e. The van der Waals surface area contributed by atoms with Crippen molar-refractivity contribution in [1.82, 2.24) is 5.32 Å². The highest BCUT2D eigenvalue weighted by molar-refractivity contribution is 5.96. The topological polar surface area (TPSA) is 79.5 Å². The quantitative estimate of drug-likeness (QED) is 0.766. The molecule has 3 rings (SSSR count). The molecule has 0 radical (unpaired) electrons. The first-order chi connectivity index (χ1) is 10.6. The van der Waals surface area contributed by atoms with Crippen molar-refractivity contribution in [1.29, 1.82) is 0 Å². The highest BCUT2D eigenvalue weighted by atomic mass is 35.5. The van der Waals surface area contributed by atoms with E-state index in [-0.39, 0.29) is 36.4 Å². The zero-order chi connectivity index (χ0) is 15.5. The summed E-state index contributed by atoms with van der Waals surface area (Å²) < 4.78 is 5.50. The molecule has 23 heavy (non-hydrogen) atoms. The van der Waals surface area contributed by atoms with Crippen LogP contribution >= 0.6 is 12.4 Å². The first kappa shape index (κ1) is 17.7. The molecular formula is C16H22ClN3O3. The van der Waals surface area contributed by atoms with E-state index < -0.39 is 0 Å². The summed E-state index contributed by atoms with van der Waals surface area (Å²) in [6.07, 6.45) is 2.05. The summed E-state index contributed by atoms with van der Waals surface area (Å²) in [5.74, 6) is -0.0438. The second-order valence-corrected chi connectivity index (χ2v) is 5.77. The summed E-state index contributed by atoms with van der Waals surface area (Å²) in [4.78, 5) is 23.9. The smallest absolute Gasteiger partial charge is 0.244 e. The Morgan fingerprint density at radius 1 is 1.35 bits per heavy atom. The predicted molar refractivity (Wildman–Crippen MR) is 91.1 cm³/mol. The van der Waals surface area contributed by atoms with E-state index in [0.29, 0.717) is 19.6 Å². The van der Waals surface area contributed by atoms with Gasteiger partial charge >= 0.3 is 0 Å². The number of carbonyl (C=O) groups excluding carboxylic acids is 2. The number of amides is 2. The average Bonchev–Trinajstić information content (AvgIpc) is 2.68. The second kappa shape index (κ2) is 7.77. The molecule has 2 atom stereocenters. The molecular weight excluding hydrogens is 318 g/mol. The van der Waals surface area contributed by atoms with Crippen molar-refractivity contribution in [3.8, 4) is 0 Å². The van der Waals surface area contributed by atoms with Crippen LogP contribution in [0.3, 0.4) is 0 Å². The Morgan fingerprint density at radius 3 is 2.96 bits per heavy atom. The monoisotopic (exact) mass is 339 g/mol. The molecule has 7 heteroatoms. The number of morpholine rings is 1. The normalized spacial score (nSPS) is 23.8. The van der Waals surface area contributed by atoms with Gasteiger partial charge in [0.05, 0.1) is 12.7 Å². The first-order valence-corrected chi connectivity index (χ1v) is 7.72. The van der Waals surface area contributed by atoms with Gasteiger partial charge in [-0.1, -0.05) is 0 Å². The van der Waals surface area contributed by atoms with E-state index >= 15 is 0 Å². The van der Waals surface area contributed by atoms with Crippen LogP contribution in [0.15, 0.2) is 18.2 Å². The summed E-state index contributed by atoms with van der Waals surface area (Å²) in [5, 5.41) is 8.99. The van der Waals surface area contributed by atoms with Crippen LogP contribution in [-0.4, -0.2) is 37.1 Å². The zero-order valence-electron chi connectivity index (χ0n) is 13.1. The van der Waals surface area contributed by atoms with E-state index in [1.807, 2.05) is 25.1 Å². The van der Waals surface area contributed by atoms with Crippen LogP contribution in [0.1, 0.15) is 25.3 Å². The molecule has 2 amide bonds. The van der Waals surface area contributed by atoms with Crippen LogP contribution in [-0.2, 0) is 20.7 Å². The molecule has 2 aliphatic heterocycles. The molecule has 126 valence electrons. The molecule has 0 aliphatic carbocycles. The summed E-state index contributed by atoms with van der Waals surface area (Å²) in [6.45, 7) is 3.20. The third kappa shape index (κ3) is 4.22. The molecule has 0 aromatic heterocycles. The maximum absolute atomic E-state index is 12.3. The van der Waals surface area contributed by atoms with E-state index in [0.717, 1.165) is 29.8 Å². The molecule has 0 bridgehead atoms. The number of carbonyl (C=O) groups is 2. The Hall–Kier alpha value is -1.63. The molecule has 0 unspecified atom stereocenters. The van der Waals surface area contributed by atoms with Gasteiger partial charge in [0.1, 0.15) is 6.04 Å². The Bertz CT molecular complexity index is 594. The summed E-state index contributed by atoms with van der Waals surface area (Å²) in [6, 6.07) is 5.26. The molecule has 1 aromatic rings. The van der Waals surface area contributed by atoms with Crippen LogP contribution in [0.4, 0.5) is 11.4 Å². The van der Waals surface area contributed by atoms with Gasteiger partial charge in [-0.25, -0.2) is 0 Å². The number of ether oxygens (including phenoxy) is 1. The number of nitrogens with one attached hydrogen (secondary N) is 3. The number of halogens is 1. The van der Waals surface area contributed by atoms with Crippen molar-refractivity contribution in [3.63, 3.8) is 0 Å². The molecule has 0 spiro atoms. The van der Waals surface area contributed by atoms with E-state index in [4.69, 9.17) is 4.74 Å². The SMILES string of the molecule is C[C@H]1OCCN[C@@H]1C(=O)Nc1ccc2c(c1)CCCC(=O)N2.Cl. The summed E-state index contributed by atoms with van der Waals surface area (Å²) >= 11 is 0. The van der Waals surface area contributed by atoms with Crippen LogP contribution in [0.2, 0.25) is 0 Å². The lowest BCUT2D eigenvalue weighted by molar-refractivity contribution is -0.123. The maximum Gasteiger partial charge on any atom is 0.244 e. The number of hydrogen-bond donors (Lipinski definition) is 3. The van der Waals surface area contributed by atoms with Gasteiger partial charge in [0.15, 0.2) is 0 Å². The van der Waals surface area contributed by atoms with Gasteiger partial charge in [-0.05, 0) is 43.5 Å². The van der Waals surface area contributed by atoms with Crippen LogP contribution in [0.25, 0.3) is 0 Å². The molecule has 1 aromatic carbocycles. The van der Waals surface area contributed by atoms with E-state index in [1.54, 1.807) is 0 Å². The number of benzene rings is 1. The lowest BCUT2D eigenvalue weighted by Crippen LogP contribution is -2.53. The van der Waals surface area contributed by atoms with Crippen LogP contribution in [0.5, 0.6) is 0 Å². The van der Waals surface area contributed by atoms with Gasteiger partial charge in [-0.2, -0.15) is 0 Å². The van der Waals surface area contributed by atoms with Gasteiger partial charge in [0.2, 0.25) is 11.8 Å². The van der Waals surface area contributed by atoms with Crippen molar-refractivity contribution in [2.45, 2.75) is 38.3 Å². The lowest BCUT2D eigenvalue weighted by atomic mass is 10.1. The fraction of sp³-hybridized carbons (Fsp3) is 0.500. The summed E-state index contributed by atoms with van der Waals surface area (Å²) in [5.41, 5.74) is 2.65. The fourth-order valence-electron chi connectivity index (χ4n) is 2.90. The minimum absolute atomic E-state index is 0. The van der Waals surface area contributed by atoms with Crippen molar-refractivity contribution in [2.24, 2.45) is 0 Å².